The number of fused-ring (bicyclic) bond motifs is 2. The number of hydrogen-bond acceptors (Lipinski definition) is 7. The molecule has 0 aliphatic heterocycles. The summed E-state index contributed by atoms with van der Waals surface area (Å²) in [5.41, 5.74) is 3.02. The molecule has 0 fully saturated rings. The van der Waals surface area contributed by atoms with Crippen LogP contribution >= 0.6 is 0 Å². The number of methoxy groups -OCH3 is 2. The van der Waals surface area contributed by atoms with Crippen LogP contribution in [0.2, 0.25) is 0 Å². The van der Waals surface area contributed by atoms with Crippen LogP contribution in [0, 0.1) is 0 Å². The molecule has 0 saturated heterocycles. The van der Waals surface area contributed by atoms with Gasteiger partial charge in [0.15, 0.2) is 5.78 Å². The molecule has 0 unspecified atom stereocenters. The zero-order valence-electron chi connectivity index (χ0n) is 14.1. The summed E-state index contributed by atoms with van der Waals surface area (Å²) in [7, 11) is 3.05. The largest absolute Gasteiger partial charge is 0.481 e. The van der Waals surface area contributed by atoms with Gasteiger partial charge in [-0.15, -0.1) is 0 Å². The fourth-order valence-electron chi connectivity index (χ4n) is 2.75. The van der Waals surface area contributed by atoms with E-state index in [4.69, 9.17) is 9.47 Å². The third kappa shape index (κ3) is 2.59. The van der Waals surface area contributed by atoms with Gasteiger partial charge in [-0.2, -0.15) is 0 Å². The lowest BCUT2D eigenvalue weighted by Crippen LogP contribution is -2.06. The number of rotatable bonds is 4. The topological polar surface area (TPSA) is 87.1 Å². The van der Waals surface area contributed by atoms with E-state index in [9.17, 15) is 4.79 Å². The van der Waals surface area contributed by atoms with Crippen molar-refractivity contribution < 1.29 is 14.3 Å². The van der Waals surface area contributed by atoms with Gasteiger partial charge < -0.3 is 9.47 Å². The normalized spacial score (nSPS) is 10.8. The molecule has 4 heterocycles. The van der Waals surface area contributed by atoms with Crippen LogP contribution in [0.1, 0.15) is 15.9 Å². The van der Waals surface area contributed by atoms with Crippen molar-refractivity contribution in [2.24, 2.45) is 0 Å². The molecule has 0 aliphatic rings. The van der Waals surface area contributed by atoms with Gasteiger partial charge in [0, 0.05) is 24.5 Å². The lowest BCUT2D eigenvalue weighted by atomic mass is 10.0. The second-order valence-electron chi connectivity index (χ2n) is 5.49. The predicted octanol–water partition coefficient (Wildman–Crippen LogP) is 2.82. The fourth-order valence-corrected chi connectivity index (χ4v) is 2.75. The van der Waals surface area contributed by atoms with Crippen LogP contribution in [-0.4, -0.2) is 39.9 Å². The van der Waals surface area contributed by atoms with Crippen molar-refractivity contribution in [3.63, 3.8) is 0 Å². The van der Waals surface area contributed by atoms with Gasteiger partial charge in [0.05, 0.1) is 36.4 Å². The number of carbonyl (C=O) groups is 1. The van der Waals surface area contributed by atoms with Crippen molar-refractivity contribution in [2.45, 2.75) is 0 Å². The number of hydrogen-bond donors (Lipinski definition) is 0. The number of aromatic nitrogens is 4. The Bertz CT molecular complexity index is 1050. The van der Waals surface area contributed by atoms with Crippen molar-refractivity contribution in [1.82, 2.24) is 19.9 Å². The zero-order valence-corrected chi connectivity index (χ0v) is 14.1. The number of pyridine rings is 4. The molecular weight excluding hydrogens is 332 g/mol. The minimum atomic E-state index is -0.216. The van der Waals surface area contributed by atoms with Gasteiger partial charge in [0.1, 0.15) is 11.0 Å². The Hall–Kier alpha value is -3.61. The van der Waals surface area contributed by atoms with E-state index in [2.05, 4.69) is 19.9 Å². The average molecular weight is 346 g/mol. The molecule has 7 heteroatoms. The summed E-state index contributed by atoms with van der Waals surface area (Å²) in [5, 5.41) is 0. The fraction of sp³-hybridized carbons (Fsp3) is 0.105. The average Bonchev–Trinajstić information content (AvgIpc) is 2.71. The highest BCUT2D eigenvalue weighted by atomic mass is 16.5. The van der Waals surface area contributed by atoms with Crippen LogP contribution in [-0.2, 0) is 0 Å². The van der Waals surface area contributed by atoms with Crippen molar-refractivity contribution >= 4 is 27.9 Å². The number of carbonyl (C=O) groups excluding carboxylic acids is 1. The van der Waals surface area contributed by atoms with E-state index in [0.717, 1.165) is 0 Å². The van der Waals surface area contributed by atoms with Crippen LogP contribution in [0.15, 0.2) is 48.8 Å². The molecule has 0 aromatic carbocycles. The van der Waals surface area contributed by atoms with E-state index < -0.39 is 0 Å². The first-order valence-corrected chi connectivity index (χ1v) is 7.85. The van der Waals surface area contributed by atoms with Crippen LogP contribution in [0.5, 0.6) is 11.8 Å². The first-order valence-electron chi connectivity index (χ1n) is 7.85. The minimum absolute atomic E-state index is 0.216. The molecule has 0 atom stereocenters. The molecule has 0 bridgehead atoms. The number of ether oxygens (including phenoxy) is 2. The Labute approximate surface area is 148 Å². The molecule has 0 spiro atoms. The molecule has 7 nitrogen and oxygen atoms in total. The van der Waals surface area contributed by atoms with Crippen LogP contribution in [0.4, 0.5) is 0 Å². The molecule has 0 radical (unpaired) electrons. The molecule has 4 aromatic rings. The summed E-state index contributed by atoms with van der Waals surface area (Å²) in [6.45, 7) is 0. The van der Waals surface area contributed by atoms with E-state index in [0.29, 0.717) is 45.0 Å². The van der Waals surface area contributed by atoms with Gasteiger partial charge in [-0.1, -0.05) is 0 Å². The van der Waals surface area contributed by atoms with Crippen molar-refractivity contribution in [1.29, 1.82) is 0 Å². The zero-order chi connectivity index (χ0) is 18.1. The van der Waals surface area contributed by atoms with Gasteiger partial charge in [0.2, 0.25) is 11.8 Å². The minimum Gasteiger partial charge on any atom is -0.481 e. The van der Waals surface area contributed by atoms with E-state index in [1.54, 1.807) is 48.8 Å². The van der Waals surface area contributed by atoms with Crippen molar-refractivity contribution in [3.8, 4) is 11.8 Å². The van der Waals surface area contributed by atoms with Crippen LogP contribution < -0.4 is 9.47 Å². The van der Waals surface area contributed by atoms with Gasteiger partial charge in [-0.3, -0.25) is 14.8 Å². The van der Waals surface area contributed by atoms with E-state index in [1.807, 2.05) is 0 Å². The third-order valence-electron chi connectivity index (χ3n) is 4.02. The Morgan fingerprint density at radius 2 is 1.19 bits per heavy atom. The van der Waals surface area contributed by atoms with Gasteiger partial charge in [0.25, 0.3) is 0 Å². The highest BCUT2D eigenvalue weighted by Crippen LogP contribution is 2.24. The molecular formula is C19H14N4O3. The standard InChI is InChI=1S/C19H14N4O3/c1-25-15-5-3-13-17(22-15)11(7-9-20-13)19(24)12-8-10-21-14-4-6-16(26-2)23-18(12)14/h3-10H,1-2H3. The second-order valence-corrected chi connectivity index (χ2v) is 5.49. The summed E-state index contributed by atoms with van der Waals surface area (Å²) < 4.78 is 10.3. The molecule has 26 heavy (non-hydrogen) atoms. The van der Waals surface area contributed by atoms with Crippen LogP contribution in [0.25, 0.3) is 22.1 Å². The highest BCUT2D eigenvalue weighted by molar-refractivity contribution is 6.19. The highest BCUT2D eigenvalue weighted by Gasteiger charge is 2.18. The Balaban J connectivity index is 1.94. The smallest absolute Gasteiger partial charge is 0.213 e. The lowest BCUT2D eigenvalue weighted by molar-refractivity contribution is 0.104. The second kappa shape index (κ2) is 6.36. The van der Waals surface area contributed by atoms with Gasteiger partial charge >= 0.3 is 0 Å². The summed E-state index contributed by atoms with van der Waals surface area (Å²) in [4.78, 5) is 30.6. The summed E-state index contributed by atoms with van der Waals surface area (Å²) in [6, 6.07) is 10.2. The van der Waals surface area contributed by atoms with Gasteiger partial charge in [-0.05, 0) is 24.3 Å². The third-order valence-corrected chi connectivity index (χ3v) is 4.02. The Morgan fingerprint density at radius 3 is 1.62 bits per heavy atom. The molecule has 0 amide bonds. The quantitative estimate of drug-likeness (QED) is 0.525. The maximum atomic E-state index is 13.3. The maximum absolute atomic E-state index is 13.3. The monoisotopic (exact) mass is 346 g/mol. The van der Waals surface area contributed by atoms with Crippen molar-refractivity contribution in [3.05, 3.63) is 59.9 Å². The molecule has 128 valence electrons. The van der Waals surface area contributed by atoms with E-state index in [-0.39, 0.29) is 5.78 Å². The molecule has 0 N–H and O–H groups in total. The SMILES string of the molecule is COc1ccc2nccc(C(=O)c3ccnc4ccc(OC)nc34)c2n1. The Kier molecular flexibility index (Phi) is 3.89. The Morgan fingerprint density at radius 1 is 0.731 bits per heavy atom. The summed E-state index contributed by atoms with van der Waals surface area (Å²) in [6.07, 6.45) is 3.17. The summed E-state index contributed by atoms with van der Waals surface area (Å²) in [5.74, 6) is 0.615. The first kappa shape index (κ1) is 15.9. The number of ketones is 1. The molecule has 4 aromatic heterocycles. The van der Waals surface area contributed by atoms with E-state index >= 15 is 0 Å². The first-order chi connectivity index (χ1) is 12.7. The van der Waals surface area contributed by atoms with Crippen LogP contribution in [0.3, 0.4) is 0 Å². The molecule has 0 aliphatic carbocycles. The molecule has 0 saturated carbocycles. The van der Waals surface area contributed by atoms with Gasteiger partial charge in [-0.25, -0.2) is 9.97 Å². The van der Waals surface area contributed by atoms with Crippen molar-refractivity contribution in [2.75, 3.05) is 14.2 Å². The lowest BCUT2D eigenvalue weighted by Gasteiger charge is -2.08. The number of nitrogens with zero attached hydrogens (tertiary/aromatic N) is 4. The molecule has 4 rings (SSSR count). The summed E-state index contributed by atoms with van der Waals surface area (Å²) >= 11 is 0. The van der Waals surface area contributed by atoms with E-state index in [1.165, 1.54) is 14.2 Å². The predicted molar refractivity (Wildman–Crippen MR) is 95.6 cm³/mol. The maximum Gasteiger partial charge on any atom is 0.213 e.